The Morgan fingerprint density at radius 2 is 1.03 bits per heavy atom. The minimum atomic E-state index is -0.575. The molecular weight excluding hydrogens is 761 g/mol. The van der Waals surface area contributed by atoms with Crippen molar-refractivity contribution in [3.8, 4) is 67.5 Å². The predicted octanol–water partition coefficient (Wildman–Crippen LogP) is 15.1. The molecule has 1 aliphatic heterocycles. The first-order valence-corrected chi connectivity index (χ1v) is 21.5. The second-order valence-electron chi connectivity index (χ2n) is 16.0. The molecule has 3 heterocycles. The van der Waals surface area contributed by atoms with Crippen LogP contribution < -0.4 is 4.74 Å². The highest BCUT2D eigenvalue weighted by Gasteiger charge is 2.51. The molecule has 4 heteroatoms. The molecule has 0 saturated carbocycles. The van der Waals surface area contributed by atoms with Gasteiger partial charge >= 0.3 is 0 Å². The van der Waals surface area contributed by atoms with Gasteiger partial charge in [0.1, 0.15) is 11.5 Å². The monoisotopic (exact) mass is 794 g/mol. The number of thiophene rings is 1. The highest BCUT2D eigenvalue weighted by Crippen LogP contribution is 2.63. The first-order valence-electron chi connectivity index (χ1n) is 20.7. The van der Waals surface area contributed by atoms with Gasteiger partial charge in [-0.05, 0) is 85.6 Å². The Balaban J connectivity index is 1.01. The van der Waals surface area contributed by atoms with Crippen LogP contribution in [-0.4, -0.2) is 9.97 Å². The summed E-state index contributed by atoms with van der Waals surface area (Å²) in [5.74, 6) is 2.50. The van der Waals surface area contributed by atoms with E-state index in [0.717, 1.165) is 72.0 Å². The van der Waals surface area contributed by atoms with Crippen LogP contribution in [0.3, 0.4) is 0 Å². The molecule has 0 bridgehead atoms. The van der Waals surface area contributed by atoms with Crippen LogP contribution in [0, 0.1) is 0 Å². The van der Waals surface area contributed by atoms with E-state index in [1.807, 2.05) is 0 Å². The molecule has 0 atom stereocenters. The topological polar surface area (TPSA) is 35.0 Å². The van der Waals surface area contributed by atoms with Crippen LogP contribution in [0.2, 0.25) is 0 Å². The Morgan fingerprint density at radius 1 is 0.410 bits per heavy atom. The van der Waals surface area contributed by atoms with Crippen molar-refractivity contribution in [1.29, 1.82) is 0 Å². The molecule has 0 unspecified atom stereocenters. The second kappa shape index (κ2) is 13.2. The van der Waals surface area contributed by atoms with Crippen molar-refractivity contribution < 1.29 is 4.74 Å². The summed E-state index contributed by atoms with van der Waals surface area (Å²) in [6.45, 7) is 0. The maximum absolute atomic E-state index is 6.67. The Labute approximate surface area is 356 Å². The van der Waals surface area contributed by atoms with Gasteiger partial charge in [0, 0.05) is 32.3 Å². The maximum atomic E-state index is 6.67. The minimum absolute atomic E-state index is 0.575. The molecule has 0 radical (unpaired) electrons. The van der Waals surface area contributed by atoms with E-state index in [9.17, 15) is 0 Å². The molecule has 0 saturated heterocycles. The van der Waals surface area contributed by atoms with Crippen LogP contribution in [-0.2, 0) is 5.41 Å². The number of rotatable bonds is 4. The normalized spacial score (nSPS) is 13.2. The summed E-state index contributed by atoms with van der Waals surface area (Å²) < 4.78 is 8.97. The largest absolute Gasteiger partial charge is 0.457 e. The van der Waals surface area contributed by atoms with Gasteiger partial charge < -0.3 is 4.74 Å². The maximum Gasteiger partial charge on any atom is 0.160 e. The number of fused-ring (bicyclic) bond motifs is 14. The zero-order valence-electron chi connectivity index (χ0n) is 32.8. The van der Waals surface area contributed by atoms with E-state index in [1.165, 1.54) is 48.9 Å². The lowest BCUT2D eigenvalue weighted by atomic mass is 9.66. The summed E-state index contributed by atoms with van der Waals surface area (Å²) in [4.78, 5) is 10.6. The van der Waals surface area contributed by atoms with Gasteiger partial charge in [0.05, 0.1) is 21.3 Å². The molecule has 9 aromatic carbocycles. The van der Waals surface area contributed by atoms with Crippen LogP contribution in [0.4, 0.5) is 0 Å². The molecule has 11 aromatic rings. The number of ether oxygens (including phenoxy) is 1. The highest BCUT2D eigenvalue weighted by molar-refractivity contribution is 7.26. The van der Waals surface area contributed by atoms with Crippen molar-refractivity contribution in [3.05, 3.63) is 229 Å². The van der Waals surface area contributed by atoms with Crippen molar-refractivity contribution in [2.24, 2.45) is 0 Å². The molecule has 1 aliphatic carbocycles. The summed E-state index contributed by atoms with van der Waals surface area (Å²) >= 11 is 1.76. The average molecular weight is 795 g/mol. The Morgan fingerprint density at radius 3 is 1.85 bits per heavy atom. The third-order valence-corrected chi connectivity index (χ3v) is 13.9. The van der Waals surface area contributed by atoms with Crippen molar-refractivity contribution >= 4 is 42.4 Å². The molecule has 2 aliphatic rings. The molecule has 284 valence electrons. The molecule has 0 fully saturated rings. The number of aromatic nitrogens is 2. The zero-order chi connectivity index (χ0) is 40.1. The molecule has 61 heavy (non-hydrogen) atoms. The standard InChI is InChI=1S/C57H34N2OS/c1-2-13-35(14-3-1)36-25-27-38(28-26-36)56-58-53(55-54(59-56)44-19-6-11-24-51(44)61-55)41-17-12-16-39(33-41)40-29-31-43-48(34-40)57(47-32-30-37-15-4-5-18-42(37)52(43)47)45-20-7-9-22-49(45)60-50-23-10-8-21-46(50)57/h1-34H. The molecule has 1 spiro atoms. The molecule has 0 N–H and O–H groups in total. The van der Waals surface area contributed by atoms with E-state index in [0.29, 0.717) is 0 Å². The molecule has 2 aromatic heterocycles. The number of hydrogen-bond donors (Lipinski definition) is 0. The number of para-hydroxylation sites is 2. The van der Waals surface area contributed by atoms with E-state index in [2.05, 4.69) is 206 Å². The van der Waals surface area contributed by atoms with Gasteiger partial charge in [-0.1, -0.05) is 176 Å². The lowest BCUT2D eigenvalue weighted by molar-refractivity contribution is 0.436. The fraction of sp³-hybridized carbons (Fsp3) is 0.0175. The van der Waals surface area contributed by atoms with E-state index >= 15 is 0 Å². The van der Waals surface area contributed by atoms with E-state index < -0.39 is 5.41 Å². The molecular formula is C57H34N2OS. The zero-order valence-corrected chi connectivity index (χ0v) is 33.7. The van der Waals surface area contributed by atoms with Gasteiger partial charge in [-0.25, -0.2) is 9.97 Å². The first kappa shape index (κ1) is 34.2. The summed E-state index contributed by atoms with van der Waals surface area (Å²) in [5, 5.41) is 3.65. The van der Waals surface area contributed by atoms with Gasteiger partial charge in [0.2, 0.25) is 0 Å². The van der Waals surface area contributed by atoms with Gasteiger partial charge in [0.15, 0.2) is 5.82 Å². The van der Waals surface area contributed by atoms with E-state index in [1.54, 1.807) is 11.3 Å². The lowest BCUT2D eigenvalue weighted by Crippen LogP contribution is -2.32. The van der Waals surface area contributed by atoms with Crippen molar-refractivity contribution in [3.63, 3.8) is 0 Å². The fourth-order valence-corrected chi connectivity index (χ4v) is 11.2. The van der Waals surface area contributed by atoms with Crippen molar-refractivity contribution in [2.45, 2.75) is 5.41 Å². The third kappa shape index (κ3) is 5.03. The van der Waals surface area contributed by atoms with Crippen molar-refractivity contribution in [1.82, 2.24) is 9.97 Å². The van der Waals surface area contributed by atoms with Crippen molar-refractivity contribution in [2.75, 3.05) is 0 Å². The van der Waals surface area contributed by atoms with Crippen LogP contribution in [0.15, 0.2) is 206 Å². The highest BCUT2D eigenvalue weighted by atomic mass is 32.1. The van der Waals surface area contributed by atoms with Gasteiger partial charge in [-0.3, -0.25) is 0 Å². The molecule has 3 nitrogen and oxygen atoms in total. The Kier molecular flexibility index (Phi) is 7.39. The fourth-order valence-electron chi connectivity index (χ4n) is 10.1. The second-order valence-corrected chi connectivity index (χ2v) is 17.1. The van der Waals surface area contributed by atoms with E-state index in [-0.39, 0.29) is 0 Å². The minimum Gasteiger partial charge on any atom is -0.457 e. The third-order valence-electron chi connectivity index (χ3n) is 12.8. The first-order chi connectivity index (χ1) is 30.2. The molecule has 13 rings (SSSR count). The van der Waals surface area contributed by atoms with Crippen LogP contribution in [0.1, 0.15) is 22.3 Å². The Hall–Kier alpha value is -7.66. The summed E-state index contributed by atoms with van der Waals surface area (Å²) in [7, 11) is 0. The average Bonchev–Trinajstić information content (AvgIpc) is 3.85. The van der Waals surface area contributed by atoms with Crippen LogP contribution in [0.25, 0.3) is 87.1 Å². The van der Waals surface area contributed by atoms with Gasteiger partial charge in [0.25, 0.3) is 0 Å². The van der Waals surface area contributed by atoms with Gasteiger partial charge in [-0.15, -0.1) is 11.3 Å². The number of nitrogens with zero attached hydrogens (tertiary/aromatic N) is 2. The number of benzene rings is 9. The lowest BCUT2D eigenvalue weighted by Gasteiger charge is -2.39. The summed E-state index contributed by atoms with van der Waals surface area (Å²) in [6.07, 6.45) is 0. The predicted molar refractivity (Wildman–Crippen MR) is 252 cm³/mol. The summed E-state index contributed by atoms with van der Waals surface area (Å²) in [5.41, 5.74) is 15.4. The smallest absolute Gasteiger partial charge is 0.160 e. The summed E-state index contributed by atoms with van der Waals surface area (Å²) in [6, 6.07) is 74.3. The quantitative estimate of drug-likeness (QED) is 0.178. The molecule has 0 amide bonds. The van der Waals surface area contributed by atoms with Gasteiger partial charge in [-0.2, -0.15) is 0 Å². The van der Waals surface area contributed by atoms with E-state index in [4.69, 9.17) is 14.7 Å². The van der Waals surface area contributed by atoms with Crippen LogP contribution in [0.5, 0.6) is 11.5 Å². The SMILES string of the molecule is c1ccc(-c2ccc(-c3nc(-c4cccc(-c5ccc6c(c5)C5(c7ccccc7Oc7ccccc75)c5ccc7ccccc7c5-6)c4)c4sc5ccccc5c4n3)cc2)cc1. The Bertz CT molecular complexity index is 3520. The van der Waals surface area contributed by atoms with Crippen LogP contribution >= 0.6 is 11.3 Å². The number of hydrogen-bond acceptors (Lipinski definition) is 4.